The zero-order chi connectivity index (χ0) is 20.8. The molecule has 2 aromatic rings. The number of carbonyl (C=O) groups is 1. The van der Waals surface area contributed by atoms with Crippen LogP contribution in [0.25, 0.3) is 0 Å². The maximum Gasteiger partial charge on any atom is 0.387 e. The molecule has 1 amide bonds. The fourth-order valence-electron chi connectivity index (χ4n) is 3.08. The number of hydrogen-bond acceptors (Lipinski definition) is 5. The molecule has 0 saturated heterocycles. The van der Waals surface area contributed by atoms with Crippen molar-refractivity contribution < 1.29 is 27.8 Å². The fourth-order valence-corrected chi connectivity index (χ4v) is 3.08. The summed E-state index contributed by atoms with van der Waals surface area (Å²) < 4.78 is 39.5. The number of amides is 1. The van der Waals surface area contributed by atoms with Crippen molar-refractivity contribution in [2.24, 2.45) is 0 Å². The second-order valence-electron chi connectivity index (χ2n) is 6.76. The third-order valence-corrected chi connectivity index (χ3v) is 4.63. The van der Waals surface area contributed by atoms with Crippen LogP contribution in [0, 0.1) is 0 Å². The Labute approximate surface area is 168 Å². The summed E-state index contributed by atoms with van der Waals surface area (Å²) in [6, 6.07) is 11.8. The Morgan fingerprint density at radius 1 is 1.10 bits per heavy atom. The molecule has 8 heteroatoms. The van der Waals surface area contributed by atoms with Gasteiger partial charge in [0, 0.05) is 23.8 Å². The van der Waals surface area contributed by atoms with Gasteiger partial charge in [-0.1, -0.05) is 0 Å². The van der Waals surface area contributed by atoms with Gasteiger partial charge in [0.15, 0.2) is 0 Å². The number of benzene rings is 2. The minimum Gasteiger partial charge on any atom is -0.497 e. The van der Waals surface area contributed by atoms with Crippen LogP contribution in [0.3, 0.4) is 0 Å². The summed E-state index contributed by atoms with van der Waals surface area (Å²) >= 11 is 0. The first-order valence-corrected chi connectivity index (χ1v) is 9.28. The Morgan fingerprint density at radius 2 is 1.79 bits per heavy atom. The molecule has 6 nitrogen and oxygen atoms in total. The molecule has 0 unspecified atom stereocenters. The van der Waals surface area contributed by atoms with Crippen LogP contribution in [0.15, 0.2) is 42.5 Å². The van der Waals surface area contributed by atoms with Gasteiger partial charge in [-0.15, -0.1) is 0 Å². The Morgan fingerprint density at radius 3 is 2.38 bits per heavy atom. The van der Waals surface area contributed by atoms with E-state index in [2.05, 4.69) is 15.0 Å². The van der Waals surface area contributed by atoms with E-state index < -0.39 is 6.61 Å². The molecular formula is C21H24F2N2O4. The van der Waals surface area contributed by atoms with Gasteiger partial charge in [-0.3, -0.25) is 9.69 Å². The highest BCUT2D eigenvalue weighted by atomic mass is 19.3. The third-order valence-electron chi connectivity index (χ3n) is 4.63. The van der Waals surface area contributed by atoms with Crippen molar-refractivity contribution in [3.63, 3.8) is 0 Å². The number of halogens is 2. The molecule has 1 aliphatic carbocycles. The summed E-state index contributed by atoms with van der Waals surface area (Å²) in [5, 5.41) is 2.79. The molecule has 29 heavy (non-hydrogen) atoms. The Bertz CT molecular complexity index is 826. The molecule has 0 radical (unpaired) electrons. The SMILES string of the molecule is COc1ccc(OC)c(CN(CC(=O)Nc2ccc(OC(F)F)cc2)C2CC2)c1. The van der Waals surface area contributed by atoms with Gasteiger partial charge in [0.1, 0.15) is 17.2 Å². The van der Waals surface area contributed by atoms with Crippen molar-refractivity contribution in [2.75, 3.05) is 26.1 Å². The summed E-state index contributed by atoms with van der Waals surface area (Å²) in [4.78, 5) is 14.6. The first-order chi connectivity index (χ1) is 14.0. The van der Waals surface area contributed by atoms with E-state index in [9.17, 15) is 13.6 Å². The lowest BCUT2D eigenvalue weighted by Crippen LogP contribution is -2.34. The fraction of sp³-hybridized carbons (Fsp3) is 0.381. The predicted octanol–water partition coefficient (Wildman–Crippen LogP) is 3.91. The second kappa shape index (κ2) is 9.56. The molecule has 156 valence electrons. The smallest absolute Gasteiger partial charge is 0.387 e. The average molecular weight is 406 g/mol. The number of hydrogen-bond donors (Lipinski definition) is 1. The maximum atomic E-state index is 12.5. The quantitative estimate of drug-likeness (QED) is 0.648. The number of nitrogens with one attached hydrogen (secondary N) is 1. The van der Waals surface area contributed by atoms with Crippen LogP contribution >= 0.6 is 0 Å². The molecule has 0 bridgehead atoms. The molecule has 1 aliphatic rings. The molecule has 1 N–H and O–H groups in total. The van der Waals surface area contributed by atoms with Crippen LogP contribution < -0.4 is 19.5 Å². The van der Waals surface area contributed by atoms with Crippen LogP contribution in [0.5, 0.6) is 17.2 Å². The third kappa shape index (κ3) is 6.05. The van der Waals surface area contributed by atoms with Gasteiger partial charge in [0.2, 0.25) is 5.91 Å². The molecule has 0 atom stereocenters. The largest absolute Gasteiger partial charge is 0.497 e. The first-order valence-electron chi connectivity index (χ1n) is 9.28. The van der Waals surface area contributed by atoms with Crippen LogP contribution in [0.2, 0.25) is 0 Å². The van der Waals surface area contributed by atoms with Crippen molar-refractivity contribution in [1.82, 2.24) is 4.90 Å². The van der Waals surface area contributed by atoms with E-state index in [0.29, 0.717) is 18.3 Å². The highest BCUT2D eigenvalue weighted by Gasteiger charge is 2.31. The van der Waals surface area contributed by atoms with Crippen LogP contribution in [-0.4, -0.2) is 44.2 Å². The van der Waals surface area contributed by atoms with Gasteiger partial charge in [-0.2, -0.15) is 8.78 Å². The molecule has 1 saturated carbocycles. The van der Waals surface area contributed by atoms with Crippen LogP contribution in [0.1, 0.15) is 18.4 Å². The summed E-state index contributed by atoms with van der Waals surface area (Å²) in [6.07, 6.45) is 2.08. The van der Waals surface area contributed by atoms with Gasteiger partial charge >= 0.3 is 6.61 Å². The Balaban J connectivity index is 1.63. The highest BCUT2D eigenvalue weighted by molar-refractivity contribution is 5.92. The van der Waals surface area contributed by atoms with Gasteiger partial charge in [0.25, 0.3) is 0 Å². The van der Waals surface area contributed by atoms with E-state index >= 15 is 0 Å². The van der Waals surface area contributed by atoms with E-state index in [1.54, 1.807) is 14.2 Å². The number of anilines is 1. The lowest BCUT2D eigenvalue weighted by molar-refractivity contribution is -0.117. The number of alkyl halides is 2. The van der Waals surface area contributed by atoms with Crippen LogP contribution in [0.4, 0.5) is 14.5 Å². The molecule has 0 aliphatic heterocycles. The molecular weight excluding hydrogens is 382 g/mol. The normalized spacial score (nSPS) is 13.4. The zero-order valence-corrected chi connectivity index (χ0v) is 16.4. The zero-order valence-electron chi connectivity index (χ0n) is 16.4. The number of ether oxygens (including phenoxy) is 3. The number of rotatable bonds is 10. The minimum atomic E-state index is -2.88. The maximum absolute atomic E-state index is 12.5. The molecule has 3 rings (SSSR count). The monoisotopic (exact) mass is 406 g/mol. The topological polar surface area (TPSA) is 60.0 Å². The Kier molecular flexibility index (Phi) is 6.87. The van der Waals surface area contributed by atoms with Gasteiger partial charge in [-0.05, 0) is 55.3 Å². The van der Waals surface area contributed by atoms with E-state index in [-0.39, 0.29) is 18.2 Å². The molecule has 0 heterocycles. The van der Waals surface area contributed by atoms with Crippen molar-refractivity contribution in [1.29, 1.82) is 0 Å². The number of nitrogens with zero attached hydrogens (tertiary/aromatic N) is 1. The summed E-state index contributed by atoms with van der Waals surface area (Å²) in [6.45, 7) is -2.11. The van der Waals surface area contributed by atoms with Gasteiger partial charge in [0.05, 0.1) is 20.8 Å². The minimum absolute atomic E-state index is 0.0442. The molecule has 1 fully saturated rings. The first kappa shape index (κ1) is 20.9. The van der Waals surface area contributed by atoms with E-state index in [1.807, 2.05) is 18.2 Å². The van der Waals surface area contributed by atoms with Crippen LogP contribution in [-0.2, 0) is 11.3 Å². The summed E-state index contributed by atoms with van der Waals surface area (Å²) in [5.74, 6) is 1.34. The number of carbonyl (C=O) groups excluding carboxylic acids is 1. The standard InChI is InChI=1S/C21H24F2N2O4/c1-27-18-9-10-19(28-2)14(11-18)12-25(16-5-6-16)13-20(26)24-15-3-7-17(8-4-15)29-21(22)23/h3-4,7-11,16,21H,5-6,12-13H2,1-2H3,(H,24,26). The summed E-state index contributed by atoms with van der Waals surface area (Å²) in [5.41, 5.74) is 1.46. The van der Waals surface area contributed by atoms with Crippen molar-refractivity contribution in [3.8, 4) is 17.2 Å². The van der Waals surface area contributed by atoms with E-state index in [4.69, 9.17) is 9.47 Å². The van der Waals surface area contributed by atoms with Gasteiger partial charge < -0.3 is 19.5 Å². The summed E-state index contributed by atoms with van der Waals surface area (Å²) in [7, 11) is 3.22. The lowest BCUT2D eigenvalue weighted by Gasteiger charge is -2.23. The average Bonchev–Trinajstić information content (AvgIpc) is 3.54. The van der Waals surface area contributed by atoms with Crippen molar-refractivity contribution in [2.45, 2.75) is 32.0 Å². The second-order valence-corrected chi connectivity index (χ2v) is 6.76. The van der Waals surface area contributed by atoms with Crippen molar-refractivity contribution >= 4 is 11.6 Å². The lowest BCUT2D eigenvalue weighted by atomic mass is 10.1. The number of methoxy groups -OCH3 is 2. The predicted molar refractivity (Wildman–Crippen MR) is 105 cm³/mol. The highest BCUT2D eigenvalue weighted by Crippen LogP contribution is 2.31. The van der Waals surface area contributed by atoms with Gasteiger partial charge in [-0.25, -0.2) is 0 Å². The van der Waals surface area contributed by atoms with E-state index in [1.165, 1.54) is 24.3 Å². The molecule has 0 spiro atoms. The molecule has 2 aromatic carbocycles. The van der Waals surface area contributed by atoms with Crippen molar-refractivity contribution in [3.05, 3.63) is 48.0 Å². The molecule has 0 aromatic heterocycles. The van der Waals surface area contributed by atoms with E-state index in [0.717, 1.165) is 29.9 Å². The Hall–Kier alpha value is -2.87.